The standard InChI is InChI=1S/C21H24N4O2S2/c26-20(9-11-28-14-16-13-25-10-5-4-8-19(25)22-16)23-24-21(27)18-12-15-6-2-1-3-7-17(15)29-18/h4-5,8,10,12-13H,1-3,6-7,9,11,14H2,(H,23,26)(H,24,27). The molecule has 4 rings (SSSR count). The summed E-state index contributed by atoms with van der Waals surface area (Å²) in [5, 5.41) is 0. The van der Waals surface area contributed by atoms with Crippen molar-refractivity contribution in [1.82, 2.24) is 20.2 Å². The second-order valence-corrected chi connectivity index (χ2v) is 9.36. The first-order valence-electron chi connectivity index (χ1n) is 9.90. The van der Waals surface area contributed by atoms with Crippen LogP contribution in [0.3, 0.4) is 0 Å². The van der Waals surface area contributed by atoms with Crippen molar-refractivity contribution < 1.29 is 9.59 Å². The molecule has 0 atom stereocenters. The molecule has 2 amide bonds. The van der Waals surface area contributed by atoms with Crippen molar-refractivity contribution in [2.24, 2.45) is 0 Å². The van der Waals surface area contributed by atoms with E-state index in [4.69, 9.17) is 0 Å². The van der Waals surface area contributed by atoms with Crippen molar-refractivity contribution in [2.75, 3.05) is 5.75 Å². The van der Waals surface area contributed by atoms with E-state index in [9.17, 15) is 9.59 Å². The van der Waals surface area contributed by atoms with Gasteiger partial charge in [0.15, 0.2) is 0 Å². The fourth-order valence-corrected chi connectivity index (χ4v) is 5.40. The number of aromatic nitrogens is 2. The number of amides is 2. The topological polar surface area (TPSA) is 75.5 Å². The number of aryl methyl sites for hydroxylation is 2. The van der Waals surface area contributed by atoms with Crippen molar-refractivity contribution in [3.05, 3.63) is 57.7 Å². The van der Waals surface area contributed by atoms with Crippen LogP contribution < -0.4 is 10.9 Å². The van der Waals surface area contributed by atoms with Gasteiger partial charge in [0.25, 0.3) is 5.91 Å². The Morgan fingerprint density at radius 3 is 2.97 bits per heavy atom. The van der Waals surface area contributed by atoms with Gasteiger partial charge in [0.2, 0.25) is 5.91 Å². The minimum absolute atomic E-state index is 0.182. The quantitative estimate of drug-likeness (QED) is 0.356. The van der Waals surface area contributed by atoms with E-state index in [0.717, 1.165) is 29.9 Å². The number of nitrogens with zero attached hydrogens (tertiary/aromatic N) is 2. The van der Waals surface area contributed by atoms with Gasteiger partial charge in [-0.2, -0.15) is 11.8 Å². The fraction of sp³-hybridized carbons (Fsp3) is 0.381. The number of thioether (sulfide) groups is 1. The van der Waals surface area contributed by atoms with E-state index >= 15 is 0 Å². The Bertz CT molecular complexity index is 955. The van der Waals surface area contributed by atoms with Crippen molar-refractivity contribution >= 4 is 40.6 Å². The Balaban J connectivity index is 1.17. The van der Waals surface area contributed by atoms with Crippen LogP contribution in [0.25, 0.3) is 5.65 Å². The highest BCUT2D eigenvalue weighted by Gasteiger charge is 2.16. The molecule has 0 aromatic carbocycles. The van der Waals surface area contributed by atoms with Gasteiger partial charge >= 0.3 is 0 Å². The van der Waals surface area contributed by atoms with Crippen molar-refractivity contribution in [3.63, 3.8) is 0 Å². The summed E-state index contributed by atoms with van der Waals surface area (Å²) in [6, 6.07) is 7.88. The smallest absolute Gasteiger partial charge is 0.279 e. The molecule has 152 valence electrons. The van der Waals surface area contributed by atoms with E-state index in [1.54, 1.807) is 23.1 Å². The zero-order valence-electron chi connectivity index (χ0n) is 16.1. The SMILES string of the molecule is O=C(CCSCc1cn2ccccc2n1)NNC(=O)c1cc2c(s1)CCCCC2. The molecule has 29 heavy (non-hydrogen) atoms. The molecule has 6 nitrogen and oxygen atoms in total. The summed E-state index contributed by atoms with van der Waals surface area (Å²) in [5.74, 6) is 1.01. The first-order chi connectivity index (χ1) is 14.2. The van der Waals surface area contributed by atoms with Gasteiger partial charge in [-0.25, -0.2) is 4.98 Å². The lowest BCUT2D eigenvalue weighted by Crippen LogP contribution is -2.41. The van der Waals surface area contributed by atoms with Crippen LogP contribution in [0.15, 0.2) is 36.7 Å². The van der Waals surface area contributed by atoms with E-state index in [1.165, 1.54) is 29.7 Å². The van der Waals surface area contributed by atoms with Crippen LogP contribution in [0.5, 0.6) is 0 Å². The number of nitrogens with one attached hydrogen (secondary N) is 2. The van der Waals surface area contributed by atoms with Crippen LogP contribution in [-0.2, 0) is 23.4 Å². The van der Waals surface area contributed by atoms with E-state index in [2.05, 4.69) is 15.8 Å². The van der Waals surface area contributed by atoms with E-state index in [0.29, 0.717) is 17.1 Å². The average Bonchev–Trinajstić information content (AvgIpc) is 3.27. The molecular weight excluding hydrogens is 404 g/mol. The van der Waals surface area contributed by atoms with Crippen LogP contribution in [-0.4, -0.2) is 27.0 Å². The first-order valence-corrected chi connectivity index (χ1v) is 11.9. The lowest BCUT2D eigenvalue weighted by atomic mass is 10.1. The number of hydrogen-bond acceptors (Lipinski definition) is 5. The van der Waals surface area contributed by atoms with Gasteiger partial charge in [0.1, 0.15) is 5.65 Å². The fourth-order valence-electron chi connectivity index (χ4n) is 3.43. The maximum Gasteiger partial charge on any atom is 0.279 e. The van der Waals surface area contributed by atoms with Gasteiger partial charge in [-0.15, -0.1) is 11.3 Å². The van der Waals surface area contributed by atoms with Gasteiger partial charge < -0.3 is 4.40 Å². The molecular formula is C21H24N4O2S2. The lowest BCUT2D eigenvalue weighted by molar-refractivity contribution is -0.121. The maximum absolute atomic E-state index is 12.3. The summed E-state index contributed by atoms with van der Waals surface area (Å²) in [7, 11) is 0. The zero-order valence-corrected chi connectivity index (χ0v) is 17.8. The highest BCUT2D eigenvalue weighted by atomic mass is 32.2. The second kappa shape index (κ2) is 9.45. The first kappa shape index (κ1) is 20.0. The third-order valence-corrected chi connectivity index (χ3v) is 7.15. The number of pyridine rings is 1. The molecule has 0 saturated carbocycles. The third-order valence-electron chi connectivity index (χ3n) is 4.92. The average molecular weight is 429 g/mol. The van der Waals surface area contributed by atoms with Crippen molar-refractivity contribution in [2.45, 2.75) is 44.3 Å². The predicted molar refractivity (Wildman–Crippen MR) is 117 cm³/mol. The molecule has 2 N–H and O–H groups in total. The number of hydrazine groups is 1. The molecule has 1 aliphatic carbocycles. The molecule has 0 spiro atoms. The molecule has 8 heteroatoms. The van der Waals surface area contributed by atoms with Gasteiger partial charge in [-0.3, -0.25) is 20.4 Å². The number of hydrogen-bond donors (Lipinski definition) is 2. The molecule has 0 bridgehead atoms. The number of thiophene rings is 1. The van der Waals surface area contributed by atoms with E-state index in [-0.39, 0.29) is 11.8 Å². The number of carbonyl (C=O) groups is 2. The Labute approximate surface area is 178 Å². The largest absolute Gasteiger partial charge is 0.307 e. The van der Waals surface area contributed by atoms with Crippen LogP contribution in [0.2, 0.25) is 0 Å². The summed E-state index contributed by atoms with van der Waals surface area (Å²) in [4.78, 5) is 30.9. The number of carbonyl (C=O) groups excluding carboxylic acids is 2. The summed E-state index contributed by atoms with van der Waals surface area (Å²) >= 11 is 3.21. The number of rotatable bonds is 6. The Kier molecular flexibility index (Phi) is 6.51. The van der Waals surface area contributed by atoms with E-state index < -0.39 is 0 Å². The predicted octanol–water partition coefficient (Wildman–Crippen LogP) is 3.75. The van der Waals surface area contributed by atoms with Gasteiger partial charge in [0.05, 0.1) is 10.6 Å². The lowest BCUT2D eigenvalue weighted by Gasteiger charge is -2.06. The highest BCUT2D eigenvalue weighted by molar-refractivity contribution is 7.98. The Morgan fingerprint density at radius 1 is 1.17 bits per heavy atom. The second-order valence-electron chi connectivity index (χ2n) is 7.12. The monoisotopic (exact) mass is 428 g/mol. The van der Waals surface area contributed by atoms with Gasteiger partial charge in [-0.05, 0) is 49.4 Å². The molecule has 0 aliphatic heterocycles. The van der Waals surface area contributed by atoms with Gasteiger partial charge in [0, 0.05) is 35.2 Å². The summed E-state index contributed by atoms with van der Waals surface area (Å²) in [5.41, 5.74) is 8.29. The molecule has 0 saturated heterocycles. The number of imidazole rings is 1. The molecule has 3 aromatic heterocycles. The highest BCUT2D eigenvalue weighted by Crippen LogP contribution is 2.28. The minimum atomic E-state index is -0.228. The minimum Gasteiger partial charge on any atom is -0.307 e. The molecule has 0 unspecified atom stereocenters. The molecule has 3 heterocycles. The maximum atomic E-state index is 12.3. The van der Waals surface area contributed by atoms with Crippen LogP contribution in [0.4, 0.5) is 0 Å². The molecule has 1 aliphatic rings. The van der Waals surface area contributed by atoms with Crippen molar-refractivity contribution in [1.29, 1.82) is 0 Å². The molecule has 0 fully saturated rings. The normalized spacial score (nSPS) is 13.7. The van der Waals surface area contributed by atoms with Crippen LogP contribution in [0, 0.1) is 0 Å². The van der Waals surface area contributed by atoms with Gasteiger partial charge in [-0.1, -0.05) is 12.5 Å². The van der Waals surface area contributed by atoms with Crippen molar-refractivity contribution in [3.8, 4) is 0 Å². The molecule has 0 radical (unpaired) electrons. The summed E-state index contributed by atoms with van der Waals surface area (Å²) < 4.78 is 1.99. The number of fused-ring (bicyclic) bond motifs is 2. The molecule has 3 aromatic rings. The summed E-state index contributed by atoms with van der Waals surface area (Å²) in [6.45, 7) is 0. The Morgan fingerprint density at radius 2 is 2.07 bits per heavy atom. The van der Waals surface area contributed by atoms with Crippen LogP contribution >= 0.6 is 23.1 Å². The summed E-state index contributed by atoms with van der Waals surface area (Å²) in [6.07, 6.45) is 10.1. The zero-order chi connectivity index (χ0) is 20.1. The van der Waals surface area contributed by atoms with Crippen LogP contribution in [0.1, 0.15) is 51.5 Å². The third kappa shape index (κ3) is 5.19. The Hall–Kier alpha value is -2.32. The van der Waals surface area contributed by atoms with E-state index in [1.807, 2.05) is 41.1 Å².